The molecule has 0 aliphatic rings. The third-order valence-corrected chi connectivity index (χ3v) is 3.15. The van der Waals surface area contributed by atoms with E-state index in [0.717, 1.165) is 25.7 Å². The van der Waals surface area contributed by atoms with Crippen molar-refractivity contribution in [3.8, 4) is 0 Å². The van der Waals surface area contributed by atoms with Crippen molar-refractivity contribution in [2.45, 2.75) is 45.3 Å². The Balaban J connectivity index is 2.51. The lowest BCUT2D eigenvalue weighted by Gasteiger charge is -2.16. The van der Waals surface area contributed by atoms with Gasteiger partial charge in [0.25, 0.3) is 0 Å². The van der Waals surface area contributed by atoms with Gasteiger partial charge < -0.3 is 4.74 Å². The lowest BCUT2D eigenvalue weighted by molar-refractivity contribution is -0.331. The second-order valence-electron chi connectivity index (χ2n) is 4.92. The Kier molecular flexibility index (Phi) is 9.02. The number of carbonyl (C=O) groups is 2. The van der Waals surface area contributed by atoms with Gasteiger partial charge in [0, 0.05) is 6.42 Å². The van der Waals surface area contributed by atoms with Crippen LogP contribution in [0.2, 0.25) is 0 Å². The summed E-state index contributed by atoms with van der Waals surface area (Å²) in [4.78, 5) is 33.0. The fraction of sp³-hybridized carbons (Fsp3) is 0.412. The molecule has 0 aromatic heterocycles. The molecule has 1 rings (SSSR count). The fourth-order valence-corrected chi connectivity index (χ4v) is 1.81. The Bertz CT molecular complexity index is 515. The molecule has 1 atom stereocenters. The first kappa shape index (κ1) is 19.2. The summed E-state index contributed by atoms with van der Waals surface area (Å²) in [7, 11) is 0. The number of ether oxygens (including phenoxy) is 1. The SMILES string of the molecule is C=C(Cl)C(=O)OC(CCCCCC)OOC(=O)c1ccccc1. The summed E-state index contributed by atoms with van der Waals surface area (Å²) in [5.41, 5.74) is 0.338. The second-order valence-corrected chi connectivity index (χ2v) is 5.38. The van der Waals surface area contributed by atoms with Gasteiger partial charge in [-0.25, -0.2) is 9.59 Å². The summed E-state index contributed by atoms with van der Waals surface area (Å²) in [6.45, 7) is 5.38. The topological polar surface area (TPSA) is 61.8 Å². The molecule has 0 aliphatic heterocycles. The van der Waals surface area contributed by atoms with Crippen LogP contribution in [0.15, 0.2) is 41.9 Å². The summed E-state index contributed by atoms with van der Waals surface area (Å²) in [6, 6.07) is 8.37. The van der Waals surface area contributed by atoms with Crippen LogP contribution >= 0.6 is 11.6 Å². The number of esters is 1. The number of carbonyl (C=O) groups excluding carboxylic acids is 2. The highest BCUT2D eigenvalue weighted by Crippen LogP contribution is 2.14. The molecule has 23 heavy (non-hydrogen) atoms. The van der Waals surface area contributed by atoms with E-state index in [-0.39, 0.29) is 5.03 Å². The van der Waals surface area contributed by atoms with Crippen LogP contribution in [0.25, 0.3) is 0 Å². The normalized spacial score (nSPS) is 11.6. The molecule has 0 heterocycles. The van der Waals surface area contributed by atoms with Gasteiger partial charge in [0.15, 0.2) is 0 Å². The van der Waals surface area contributed by atoms with Crippen LogP contribution in [0.4, 0.5) is 0 Å². The van der Waals surface area contributed by atoms with Crippen LogP contribution in [-0.4, -0.2) is 18.2 Å². The van der Waals surface area contributed by atoms with Gasteiger partial charge in [0.1, 0.15) is 5.03 Å². The fourth-order valence-electron chi connectivity index (χ4n) is 1.77. The quantitative estimate of drug-likeness (QED) is 0.158. The zero-order chi connectivity index (χ0) is 17.1. The molecule has 0 aliphatic carbocycles. The zero-order valence-electron chi connectivity index (χ0n) is 13.1. The van der Waals surface area contributed by atoms with E-state index in [1.54, 1.807) is 30.3 Å². The Morgan fingerprint density at radius 1 is 1.17 bits per heavy atom. The van der Waals surface area contributed by atoms with Crippen molar-refractivity contribution in [3.63, 3.8) is 0 Å². The van der Waals surface area contributed by atoms with Crippen LogP contribution in [0, 0.1) is 0 Å². The maximum Gasteiger partial charge on any atom is 0.373 e. The molecular weight excluding hydrogens is 320 g/mol. The molecule has 0 spiro atoms. The van der Waals surface area contributed by atoms with Crippen LogP contribution in [-0.2, 0) is 19.3 Å². The van der Waals surface area contributed by atoms with Gasteiger partial charge in [0.2, 0.25) is 6.29 Å². The predicted octanol–water partition coefficient (Wildman–Crippen LogP) is 4.37. The summed E-state index contributed by atoms with van der Waals surface area (Å²) >= 11 is 5.48. The summed E-state index contributed by atoms with van der Waals surface area (Å²) < 4.78 is 5.01. The van der Waals surface area contributed by atoms with E-state index in [0.29, 0.717) is 12.0 Å². The number of rotatable bonds is 10. The van der Waals surface area contributed by atoms with E-state index in [1.807, 2.05) is 0 Å². The smallest absolute Gasteiger partial charge is 0.373 e. The minimum absolute atomic E-state index is 0.262. The number of benzene rings is 1. The molecule has 0 bridgehead atoms. The minimum Gasteiger partial charge on any atom is -0.428 e. The molecule has 1 unspecified atom stereocenters. The average Bonchev–Trinajstić information content (AvgIpc) is 2.56. The van der Waals surface area contributed by atoms with Gasteiger partial charge in [-0.1, -0.05) is 62.6 Å². The van der Waals surface area contributed by atoms with Crippen LogP contribution in [0.3, 0.4) is 0 Å². The number of unbranched alkanes of at least 4 members (excludes halogenated alkanes) is 3. The van der Waals surface area contributed by atoms with Crippen molar-refractivity contribution in [3.05, 3.63) is 47.5 Å². The molecule has 1 aromatic rings. The molecular formula is C17H21ClO5. The maximum atomic E-state index is 11.8. The molecule has 6 heteroatoms. The van der Waals surface area contributed by atoms with E-state index in [9.17, 15) is 9.59 Å². The molecule has 0 saturated carbocycles. The van der Waals surface area contributed by atoms with Crippen molar-refractivity contribution in [2.24, 2.45) is 0 Å². The van der Waals surface area contributed by atoms with Gasteiger partial charge in [-0.2, -0.15) is 0 Å². The van der Waals surface area contributed by atoms with E-state index in [2.05, 4.69) is 13.5 Å². The highest BCUT2D eigenvalue weighted by molar-refractivity contribution is 6.40. The Hall–Kier alpha value is -1.85. The van der Waals surface area contributed by atoms with Crippen molar-refractivity contribution in [1.29, 1.82) is 0 Å². The van der Waals surface area contributed by atoms with E-state index in [1.165, 1.54) is 0 Å². The van der Waals surface area contributed by atoms with Gasteiger partial charge in [-0.15, -0.1) is 4.89 Å². The van der Waals surface area contributed by atoms with Gasteiger partial charge in [-0.3, -0.25) is 4.89 Å². The molecule has 126 valence electrons. The van der Waals surface area contributed by atoms with E-state index >= 15 is 0 Å². The van der Waals surface area contributed by atoms with Crippen molar-refractivity contribution in [1.82, 2.24) is 0 Å². The van der Waals surface area contributed by atoms with Crippen LogP contribution in [0.5, 0.6) is 0 Å². The Morgan fingerprint density at radius 3 is 2.48 bits per heavy atom. The zero-order valence-corrected chi connectivity index (χ0v) is 13.9. The first-order chi connectivity index (χ1) is 11.0. The first-order valence-corrected chi connectivity index (χ1v) is 7.90. The molecule has 0 radical (unpaired) electrons. The van der Waals surface area contributed by atoms with E-state index in [4.69, 9.17) is 26.1 Å². The molecule has 0 fully saturated rings. The first-order valence-electron chi connectivity index (χ1n) is 7.52. The number of halogens is 1. The largest absolute Gasteiger partial charge is 0.428 e. The molecule has 0 N–H and O–H groups in total. The summed E-state index contributed by atoms with van der Waals surface area (Å²) in [5, 5.41) is -0.262. The highest BCUT2D eigenvalue weighted by atomic mass is 35.5. The lowest BCUT2D eigenvalue weighted by atomic mass is 10.1. The molecule has 1 aromatic carbocycles. The third kappa shape index (κ3) is 7.81. The van der Waals surface area contributed by atoms with Crippen molar-refractivity contribution in [2.75, 3.05) is 0 Å². The van der Waals surface area contributed by atoms with Gasteiger partial charge in [-0.05, 0) is 18.6 Å². The van der Waals surface area contributed by atoms with Crippen LogP contribution < -0.4 is 0 Å². The standard InChI is InChI=1S/C17H21ClO5/c1-3-4-5-9-12-15(21-16(19)13(2)18)22-23-17(20)14-10-7-6-8-11-14/h6-8,10-11,15H,2-5,9,12H2,1H3. The monoisotopic (exact) mass is 340 g/mol. The van der Waals surface area contributed by atoms with Gasteiger partial charge >= 0.3 is 11.9 Å². The molecule has 5 nitrogen and oxygen atoms in total. The predicted molar refractivity (Wildman–Crippen MR) is 86.6 cm³/mol. The minimum atomic E-state index is -1.01. The molecule has 0 saturated heterocycles. The van der Waals surface area contributed by atoms with Gasteiger partial charge in [0.05, 0.1) is 5.56 Å². The van der Waals surface area contributed by atoms with E-state index < -0.39 is 18.2 Å². The van der Waals surface area contributed by atoms with Crippen molar-refractivity contribution >= 4 is 23.5 Å². The second kappa shape index (κ2) is 10.8. The summed E-state index contributed by atoms with van der Waals surface area (Å²) in [5.74, 6) is -1.46. The Morgan fingerprint density at radius 2 is 1.87 bits per heavy atom. The average molecular weight is 341 g/mol. The summed E-state index contributed by atoms with van der Waals surface area (Å²) in [6.07, 6.45) is 3.26. The number of hydrogen-bond acceptors (Lipinski definition) is 5. The third-order valence-electron chi connectivity index (χ3n) is 2.99. The number of hydrogen-bond donors (Lipinski definition) is 0. The van der Waals surface area contributed by atoms with Crippen molar-refractivity contribution < 1.29 is 24.1 Å². The highest BCUT2D eigenvalue weighted by Gasteiger charge is 2.20. The lowest BCUT2D eigenvalue weighted by Crippen LogP contribution is -2.23. The Labute approximate surface area is 141 Å². The van der Waals surface area contributed by atoms with Crippen LogP contribution in [0.1, 0.15) is 49.4 Å². The maximum absolute atomic E-state index is 11.8. The molecule has 0 amide bonds.